The normalized spacial score (nSPS) is 11.3. The van der Waals surface area contributed by atoms with Crippen molar-refractivity contribution >= 4 is 39.1 Å². The molecule has 0 unspecified atom stereocenters. The van der Waals surface area contributed by atoms with E-state index < -0.39 is 0 Å². The molecule has 0 saturated carbocycles. The summed E-state index contributed by atoms with van der Waals surface area (Å²) in [7, 11) is 1.85. The quantitative estimate of drug-likeness (QED) is 0.643. The summed E-state index contributed by atoms with van der Waals surface area (Å²) < 4.78 is 2.47. The molecule has 0 N–H and O–H groups in total. The van der Waals surface area contributed by atoms with Crippen LogP contribution in [0.5, 0.6) is 0 Å². The van der Waals surface area contributed by atoms with Gasteiger partial charge < -0.3 is 0 Å². The average molecular weight is 326 g/mol. The molecule has 6 heteroatoms. The molecule has 2 heterocycles. The number of rotatable bonds is 3. The van der Waals surface area contributed by atoms with E-state index in [-0.39, 0.29) is 5.78 Å². The molecule has 2 aromatic rings. The number of hydrogen-bond acceptors (Lipinski definition) is 4. The zero-order valence-corrected chi connectivity index (χ0v) is 12.7. The molecule has 0 saturated heterocycles. The van der Waals surface area contributed by atoms with Gasteiger partial charge in [0.05, 0.1) is 11.9 Å². The van der Waals surface area contributed by atoms with E-state index in [0.29, 0.717) is 5.69 Å². The summed E-state index contributed by atoms with van der Waals surface area (Å²) in [6.45, 7) is 3.85. The standard InChI is InChI=1S/C12H12BrN3OS/c1-7-6-14-16(3)9(7)4-5-10(17)11-8(2)18-12(13)15-11/h4-6H,1-3H3/b5-4+. The number of aromatic nitrogens is 3. The van der Waals surface area contributed by atoms with Crippen LogP contribution in [0.2, 0.25) is 0 Å². The molecular weight excluding hydrogens is 314 g/mol. The van der Waals surface area contributed by atoms with Crippen LogP contribution in [0.1, 0.15) is 26.6 Å². The Hall–Kier alpha value is -1.27. The molecule has 0 aliphatic carbocycles. The van der Waals surface area contributed by atoms with Gasteiger partial charge in [-0.15, -0.1) is 11.3 Å². The van der Waals surface area contributed by atoms with Crippen molar-refractivity contribution in [3.05, 3.63) is 38.0 Å². The van der Waals surface area contributed by atoms with Crippen molar-refractivity contribution in [3.63, 3.8) is 0 Å². The van der Waals surface area contributed by atoms with Crippen molar-refractivity contribution < 1.29 is 4.79 Å². The third-order valence-electron chi connectivity index (χ3n) is 2.57. The Morgan fingerprint density at radius 2 is 2.22 bits per heavy atom. The van der Waals surface area contributed by atoms with Gasteiger partial charge in [-0.1, -0.05) is 0 Å². The van der Waals surface area contributed by atoms with E-state index in [1.807, 2.05) is 20.9 Å². The minimum atomic E-state index is -0.0879. The molecule has 2 rings (SSSR count). The fourth-order valence-electron chi connectivity index (χ4n) is 1.62. The smallest absolute Gasteiger partial charge is 0.205 e. The summed E-state index contributed by atoms with van der Waals surface area (Å²) in [4.78, 5) is 17.1. The van der Waals surface area contributed by atoms with Crippen LogP contribution in [0.25, 0.3) is 6.08 Å². The van der Waals surface area contributed by atoms with Crippen molar-refractivity contribution in [1.82, 2.24) is 14.8 Å². The van der Waals surface area contributed by atoms with Gasteiger partial charge in [-0.05, 0) is 47.5 Å². The number of thiazole rings is 1. The Kier molecular flexibility index (Phi) is 3.77. The van der Waals surface area contributed by atoms with E-state index in [9.17, 15) is 4.79 Å². The highest BCUT2D eigenvalue weighted by Gasteiger charge is 2.12. The maximum Gasteiger partial charge on any atom is 0.205 e. The third-order valence-corrected chi connectivity index (χ3v) is 4.00. The topological polar surface area (TPSA) is 47.8 Å². The summed E-state index contributed by atoms with van der Waals surface area (Å²) in [5.74, 6) is -0.0879. The van der Waals surface area contributed by atoms with Gasteiger partial charge >= 0.3 is 0 Å². The monoisotopic (exact) mass is 325 g/mol. The minimum absolute atomic E-state index is 0.0879. The van der Waals surface area contributed by atoms with Crippen LogP contribution < -0.4 is 0 Å². The highest BCUT2D eigenvalue weighted by molar-refractivity contribution is 9.11. The van der Waals surface area contributed by atoms with E-state index in [1.54, 1.807) is 23.0 Å². The van der Waals surface area contributed by atoms with Gasteiger partial charge in [0.15, 0.2) is 3.92 Å². The van der Waals surface area contributed by atoms with Crippen LogP contribution >= 0.6 is 27.3 Å². The number of carbonyl (C=O) groups excluding carboxylic acids is 1. The van der Waals surface area contributed by atoms with E-state index in [1.165, 1.54) is 11.3 Å². The van der Waals surface area contributed by atoms with Gasteiger partial charge in [0.2, 0.25) is 5.78 Å². The molecule has 0 spiro atoms. The molecule has 18 heavy (non-hydrogen) atoms. The molecule has 0 atom stereocenters. The number of ketones is 1. The first-order valence-electron chi connectivity index (χ1n) is 5.33. The largest absolute Gasteiger partial charge is 0.287 e. The summed E-state index contributed by atoms with van der Waals surface area (Å²) in [5, 5.41) is 4.12. The van der Waals surface area contributed by atoms with Gasteiger partial charge in [0.25, 0.3) is 0 Å². The molecule has 4 nitrogen and oxygen atoms in total. The Morgan fingerprint density at radius 1 is 1.50 bits per heavy atom. The first-order valence-corrected chi connectivity index (χ1v) is 6.94. The van der Waals surface area contributed by atoms with Gasteiger partial charge in [0, 0.05) is 11.9 Å². The second-order valence-electron chi connectivity index (χ2n) is 3.91. The van der Waals surface area contributed by atoms with Crippen LogP contribution in [0.4, 0.5) is 0 Å². The van der Waals surface area contributed by atoms with Crippen LogP contribution in [0.3, 0.4) is 0 Å². The molecule has 2 aromatic heterocycles. The van der Waals surface area contributed by atoms with Gasteiger partial charge in [0.1, 0.15) is 5.69 Å². The van der Waals surface area contributed by atoms with Gasteiger partial charge in [-0.25, -0.2) is 4.98 Å². The Balaban J connectivity index is 2.25. The lowest BCUT2D eigenvalue weighted by molar-refractivity contribution is 0.104. The zero-order valence-electron chi connectivity index (χ0n) is 10.3. The second-order valence-corrected chi connectivity index (χ2v) is 6.38. The highest BCUT2D eigenvalue weighted by atomic mass is 79.9. The number of nitrogens with zero attached hydrogens (tertiary/aromatic N) is 3. The molecule has 94 valence electrons. The predicted molar refractivity (Wildman–Crippen MR) is 75.9 cm³/mol. The van der Waals surface area contributed by atoms with Crippen molar-refractivity contribution in [2.75, 3.05) is 0 Å². The summed E-state index contributed by atoms with van der Waals surface area (Å²) >= 11 is 4.74. The van der Waals surface area contributed by atoms with Gasteiger partial charge in [-0.2, -0.15) is 5.10 Å². The summed E-state index contributed by atoms with van der Waals surface area (Å²) in [5.41, 5.74) is 2.47. The predicted octanol–water partition coefficient (Wildman–Crippen LogP) is 3.15. The van der Waals surface area contributed by atoms with Crippen molar-refractivity contribution in [3.8, 4) is 0 Å². The number of aryl methyl sites for hydroxylation is 3. The number of allylic oxidation sites excluding steroid dienone is 1. The number of halogens is 1. The second kappa shape index (κ2) is 5.16. The SMILES string of the molecule is Cc1cnn(C)c1/C=C/C(=O)c1nc(Br)sc1C. The highest BCUT2D eigenvalue weighted by Crippen LogP contribution is 2.23. The van der Waals surface area contributed by atoms with Crippen molar-refractivity contribution in [2.45, 2.75) is 13.8 Å². The number of hydrogen-bond donors (Lipinski definition) is 0. The van der Waals surface area contributed by atoms with Crippen molar-refractivity contribution in [1.29, 1.82) is 0 Å². The lowest BCUT2D eigenvalue weighted by Gasteiger charge is -1.96. The molecule has 0 aromatic carbocycles. The fraction of sp³-hybridized carbons (Fsp3) is 0.250. The molecule has 0 bridgehead atoms. The minimum Gasteiger partial charge on any atom is -0.287 e. The van der Waals surface area contributed by atoms with Crippen LogP contribution in [-0.4, -0.2) is 20.5 Å². The summed E-state index contributed by atoms with van der Waals surface area (Å²) in [6, 6.07) is 0. The van der Waals surface area contributed by atoms with Crippen LogP contribution in [0.15, 0.2) is 16.2 Å². The Labute approximate surface area is 117 Å². The first-order chi connectivity index (χ1) is 8.49. The van der Waals surface area contributed by atoms with Crippen LogP contribution in [-0.2, 0) is 7.05 Å². The third kappa shape index (κ3) is 2.59. The molecule has 0 aliphatic heterocycles. The van der Waals surface area contributed by atoms with E-state index in [2.05, 4.69) is 26.0 Å². The lowest BCUT2D eigenvalue weighted by Crippen LogP contribution is -1.98. The van der Waals surface area contributed by atoms with Crippen LogP contribution in [0, 0.1) is 13.8 Å². The van der Waals surface area contributed by atoms with E-state index in [4.69, 9.17) is 0 Å². The molecule has 0 fully saturated rings. The molecule has 0 aliphatic rings. The van der Waals surface area contributed by atoms with Crippen molar-refractivity contribution in [2.24, 2.45) is 7.05 Å². The fourth-order valence-corrected chi connectivity index (χ4v) is 3.16. The average Bonchev–Trinajstić information content (AvgIpc) is 2.80. The Morgan fingerprint density at radius 3 is 2.72 bits per heavy atom. The lowest BCUT2D eigenvalue weighted by atomic mass is 10.2. The van der Waals surface area contributed by atoms with E-state index >= 15 is 0 Å². The maximum absolute atomic E-state index is 12.0. The molecule has 0 radical (unpaired) electrons. The first kappa shape index (κ1) is 13.2. The molecule has 0 amide bonds. The summed E-state index contributed by atoms with van der Waals surface area (Å²) in [6.07, 6.45) is 5.09. The Bertz CT molecular complexity index is 608. The van der Waals surface area contributed by atoms with E-state index in [0.717, 1.165) is 20.1 Å². The maximum atomic E-state index is 12.0. The molecular formula is C12H12BrN3OS. The number of carbonyl (C=O) groups is 1. The zero-order chi connectivity index (χ0) is 13.3. The van der Waals surface area contributed by atoms with Gasteiger partial charge in [-0.3, -0.25) is 9.48 Å².